The summed E-state index contributed by atoms with van der Waals surface area (Å²) >= 11 is 0. The van der Waals surface area contributed by atoms with E-state index in [2.05, 4.69) is 181 Å². The van der Waals surface area contributed by atoms with Crippen molar-refractivity contribution in [3.05, 3.63) is 180 Å². The summed E-state index contributed by atoms with van der Waals surface area (Å²) in [5.41, 5.74) is 12.7. The molecule has 0 saturated heterocycles. The maximum atomic E-state index is 6.77. The van der Waals surface area contributed by atoms with Crippen molar-refractivity contribution >= 4 is 98.9 Å². The topological polar surface area (TPSA) is 32.8 Å². The highest BCUT2D eigenvalue weighted by Gasteiger charge is 2.28. The highest BCUT2D eigenvalue weighted by atomic mass is 16.3. The molecule has 0 bridgehead atoms. The summed E-state index contributed by atoms with van der Waals surface area (Å²) in [4.78, 5) is 4.91. The van der Waals surface area contributed by atoms with Gasteiger partial charge in [0.05, 0.1) is 22.7 Å². The lowest BCUT2D eigenvalue weighted by Crippen LogP contribution is -2.18. The molecule has 0 unspecified atom stereocenters. The first-order valence-electron chi connectivity index (χ1n) is 20.5. The van der Waals surface area contributed by atoms with Crippen molar-refractivity contribution in [3.63, 3.8) is 0 Å². The van der Waals surface area contributed by atoms with Crippen LogP contribution in [-0.2, 0) is 0 Å². The summed E-state index contributed by atoms with van der Waals surface area (Å²) in [6.07, 6.45) is 18.0. The van der Waals surface area contributed by atoms with Crippen LogP contribution in [0.1, 0.15) is 36.8 Å². The third kappa shape index (κ3) is 4.81. The van der Waals surface area contributed by atoms with Gasteiger partial charge in [-0.1, -0.05) is 121 Å². The number of nitrogens with zero attached hydrogens (tertiary/aromatic N) is 2. The fraction of sp³-hybridized carbons (Fsp3) is 0.111. The van der Waals surface area contributed by atoms with Crippen molar-refractivity contribution in [1.82, 2.24) is 0 Å². The number of para-hydroxylation sites is 2. The van der Waals surface area contributed by atoms with Gasteiger partial charge in [0.1, 0.15) is 11.2 Å². The number of anilines is 4. The van der Waals surface area contributed by atoms with Crippen LogP contribution in [0.15, 0.2) is 178 Å². The lowest BCUT2D eigenvalue weighted by atomic mass is 9.91. The van der Waals surface area contributed by atoms with Crippen molar-refractivity contribution in [2.24, 2.45) is 0 Å². The first kappa shape index (κ1) is 33.1. The maximum Gasteiger partial charge on any atom is 0.159 e. The Balaban J connectivity index is 1.14. The van der Waals surface area contributed by atoms with Crippen LogP contribution in [-0.4, -0.2) is 0 Å². The predicted molar refractivity (Wildman–Crippen MR) is 244 cm³/mol. The summed E-state index contributed by atoms with van der Waals surface area (Å²) in [6, 6.07) is 44.2. The van der Waals surface area contributed by atoms with Crippen LogP contribution in [0.2, 0.25) is 0 Å². The molecule has 0 amide bonds. The molecule has 0 fully saturated rings. The minimum absolute atomic E-state index is 0.904. The summed E-state index contributed by atoms with van der Waals surface area (Å²) < 4.78 is 13.5. The quantitative estimate of drug-likeness (QED) is 0.159. The van der Waals surface area contributed by atoms with Crippen LogP contribution < -0.4 is 9.80 Å². The Morgan fingerprint density at radius 2 is 0.845 bits per heavy atom. The van der Waals surface area contributed by atoms with Crippen molar-refractivity contribution in [3.8, 4) is 0 Å². The van der Waals surface area contributed by atoms with Gasteiger partial charge in [0, 0.05) is 43.7 Å². The van der Waals surface area contributed by atoms with E-state index in [0.29, 0.717) is 0 Å². The minimum Gasteiger partial charge on any atom is -0.454 e. The Labute approximate surface area is 336 Å². The number of rotatable bonds is 6. The highest BCUT2D eigenvalue weighted by Crippen LogP contribution is 2.50. The monoisotopic (exact) mass is 748 g/mol. The fourth-order valence-electron chi connectivity index (χ4n) is 9.77. The molecule has 0 radical (unpaired) electrons. The number of furan rings is 2. The molecule has 58 heavy (non-hydrogen) atoms. The van der Waals surface area contributed by atoms with Gasteiger partial charge in [-0.15, -0.1) is 0 Å². The molecule has 2 aliphatic rings. The van der Waals surface area contributed by atoms with Gasteiger partial charge < -0.3 is 18.6 Å². The molecule has 0 aliphatic heterocycles. The third-order valence-electron chi connectivity index (χ3n) is 12.5. The van der Waals surface area contributed by atoms with Gasteiger partial charge in [-0.25, -0.2) is 0 Å². The van der Waals surface area contributed by atoms with E-state index in [-0.39, 0.29) is 0 Å². The van der Waals surface area contributed by atoms with E-state index >= 15 is 0 Å². The smallest absolute Gasteiger partial charge is 0.159 e. The fourth-order valence-corrected chi connectivity index (χ4v) is 9.77. The number of allylic oxidation sites excluding steroid dienone is 6. The summed E-state index contributed by atoms with van der Waals surface area (Å²) in [7, 11) is 0. The average Bonchev–Trinajstić information content (AvgIpc) is 3.84. The van der Waals surface area contributed by atoms with Crippen LogP contribution in [0.25, 0.3) is 76.2 Å². The molecule has 4 heteroatoms. The first-order valence-corrected chi connectivity index (χ1v) is 20.5. The number of fused-ring (bicyclic) bond motifs is 6. The Hall–Kier alpha value is -7.04. The third-order valence-corrected chi connectivity index (χ3v) is 12.5. The minimum atomic E-state index is 0.904. The van der Waals surface area contributed by atoms with E-state index in [1.807, 2.05) is 0 Å². The molecule has 10 aromatic rings. The second-order valence-electron chi connectivity index (χ2n) is 15.9. The lowest BCUT2D eigenvalue weighted by Gasteiger charge is -2.32. The van der Waals surface area contributed by atoms with Gasteiger partial charge in [-0.2, -0.15) is 0 Å². The van der Waals surface area contributed by atoms with Crippen LogP contribution in [0.3, 0.4) is 0 Å². The summed E-state index contributed by atoms with van der Waals surface area (Å²) in [5, 5.41) is 11.9. The molecular formula is C54H40N2O2. The second-order valence-corrected chi connectivity index (χ2v) is 15.9. The van der Waals surface area contributed by atoms with E-state index in [1.54, 1.807) is 0 Å². The molecule has 2 aromatic heterocycles. The van der Waals surface area contributed by atoms with Gasteiger partial charge in [0.25, 0.3) is 0 Å². The molecule has 8 aromatic carbocycles. The first-order chi connectivity index (χ1) is 28.6. The number of benzene rings is 8. The average molecular weight is 749 g/mol. The normalized spacial score (nSPS) is 14.5. The molecule has 0 spiro atoms. The van der Waals surface area contributed by atoms with Gasteiger partial charge >= 0.3 is 0 Å². The van der Waals surface area contributed by atoms with Gasteiger partial charge in [0.15, 0.2) is 11.2 Å². The van der Waals surface area contributed by atoms with E-state index in [1.165, 1.54) is 43.4 Å². The Morgan fingerprint density at radius 3 is 1.29 bits per heavy atom. The largest absolute Gasteiger partial charge is 0.454 e. The summed E-state index contributed by atoms with van der Waals surface area (Å²) in [6.45, 7) is 4.41. The molecule has 0 N–H and O–H groups in total. The standard InChI is InChI=1S/C54H40N2O2/c1-33-21-27-41-39-17-9-11-19-47(39)57-53(41)51(33)55(37-13-5-3-6-14-37)45-31-25-35-24-30-44-46(32-26-36-23-29-43(45)49(35)50(36)44)56(38-15-7-4-8-16-38)52-34(2)22-28-42-40-18-10-12-20-48(40)58-54(42)52/h5,7,9-32H,3-4,6,8H2,1-2H3. The highest BCUT2D eigenvalue weighted by molar-refractivity contribution is 6.28. The molecule has 12 rings (SSSR count). The van der Waals surface area contributed by atoms with Crippen molar-refractivity contribution < 1.29 is 8.83 Å². The van der Waals surface area contributed by atoms with Crippen molar-refractivity contribution in [2.75, 3.05) is 9.80 Å². The predicted octanol–water partition coefficient (Wildman–Crippen LogP) is 15.7. The lowest BCUT2D eigenvalue weighted by molar-refractivity contribution is 0.668. The van der Waals surface area contributed by atoms with E-state index < -0.39 is 0 Å². The van der Waals surface area contributed by atoms with Crippen molar-refractivity contribution in [1.29, 1.82) is 0 Å². The van der Waals surface area contributed by atoms with Gasteiger partial charge in [-0.3, -0.25) is 0 Å². The Kier molecular flexibility index (Phi) is 7.28. The molecule has 278 valence electrons. The van der Waals surface area contributed by atoms with Gasteiger partial charge in [-0.05, 0) is 109 Å². The molecular weight excluding hydrogens is 709 g/mol. The maximum absolute atomic E-state index is 6.77. The number of aryl methyl sites for hydroxylation is 2. The Morgan fingerprint density at radius 1 is 0.414 bits per heavy atom. The molecule has 2 heterocycles. The van der Waals surface area contributed by atoms with E-state index in [9.17, 15) is 0 Å². The zero-order chi connectivity index (χ0) is 38.5. The van der Waals surface area contributed by atoms with Crippen LogP contribution >= 0.6 is 0 Å². The zero-order valence-electron chi connectivity index (χ0n) is 32.6. The zero-order valence-corrected chi connectivity index (χ0v) is 32.6. The molecule has 4 nitrogen and oxygen atoms in total. The number of hydrogen-bond acceptors (Lipinski definition) is 4. The SMILES string of the molecule is Cc1ccc2c(oc3ccccc32)c1N(C1=CCCC=C1)c1ccc2ccc3c(N(C4=CCCC=C4)c4c(C)ccc5c4oc4ccccc45)ccc4ccc1c2c43. The van der Waals surface area contributed by atoms with Crippen LogP contribution in [0.5, 0.6) is 0 Å². The van der Waals surface area contributed by atoms with E-state index in [4.69, 9.17) is 8.83 Å². The van der Waals surface area contributed by atoms with E-state index in [0.717, 1.165) is 104 Å². The Bertz CT molecular complexity index is 3210. The second kappa shape index (κ2) is 12.7. The van der Waals surface area contributed by atoms with Crippen LogP contribution in [0, 0.1) is 13.8 Å². The number of hydrogen-bond donors (Lipinski definition) is 0. The van der Waals surface area contributed by atoms with Crippen molar-refractivity contribution in [2.45, 2.75) is 39.5 Å². The van der Waals surface area contributed by atoms with Crippen LogP contribution in [0.4, 0.5) is 22.7 Å². The van der Waals surface area contributed by atoms with Gasteiger partial charge in [0.2, 0.25) is 0 Å². The summed E-state index contributed by atoms with van der Waals surface area (Å²) in [5.74, 6) is 0. The molecule has 2 aliphatic carbocycles. The molecule has 0 saturated carbocycles. The molecule has 0 atom stereocenters.